The maximum Gasteiger partial charge on any atom is 0.294 e. The van der Waals surface area contributed by atoms with Crippen LogP contribution in [0, 0.1) is 0 Å². The molecule has 1 heterocycles. The molecule has 0 radical (unpaired) electrons. The fourth-order valence-corrected chi connectivity index (χ4v) is 2.68. The minimum Gasteiger partial charge on any atom is -0.483 e. The molecule has 0 aliphatic heterocycles. The summed E-state index contributed by atoms with van der Waals surface area (Å²) < 4.78 is 6.98. The second-order valence-corrected chi connectivity index (χ2v) is 6.58. The van der Waals surface area contributed by atoms with Crippen LogP contribution < -0.4 is 10.3 Å². The number of aromatic nitrogens is 2. The van der Waals surface area contributed by atoms with Gasteiger partial charge in [0, 0.05) is 10.0 Å². The zero-order chi connectivity index (χ0) is 18.0. The Labute approximate surface area is 159 Å². The monoisotopic (exact) mass is 394 g/mol. The first-order valence-electron chi connectivity index (χ1n) is 7.41. The Hall–Kier alpha value is -2.01. The van der Waals surface area contributed by atoms with Gasteiger partial charge in [0.1, 0.15) is 6.10 Å². The van der Waals surface area contributed by atoms with Crippen LogP contribution in [-0.2, 0) is 0 Å². The van der Waals surface area contributed by atoms with Crippen LogP contribution >= 0.6 is 34.8 Å². The van der Waals surface area contributed by atoms with Gasteiger partial charge in [-0.05, 0) is 48.9 Å². The van der Waals surface area contributed by atoms with E-state index in [-0.39, 0.29) is 16.9 Å². The van der Waals surface area contributed by atoms with E-state index in [0.29, 0.717) is 15.7 Å². The minimum atomic E-state index is -0.468. The van der Waals surface area contributed by atoms with Crippen LogP contribution in [0.1, 0.15) is 18.6 Å². The third-order valence-corrected chi connectivity index (χ3v) is 4.45. The van der Waals surface area contributed by atoms with Crippen LogP contribution in [0.5, 0.6) is 5.75 Å². The zero-order valence-electron chi connectivity index (χ0n) is 13.1. The summed E-state index contributed by atoms with van der Waals surface area (Å²) in [6.07, 6.45) is 1.10. The SMILES string of the molecule is CC(Oc1cnn(-c2ccc(Cl)cc2)c(=O)c1Cl)c1ccc(Cl)cc1. The Morgan fingerprint density at radius 2 is 1.52 bits per heavy atom. The number of benzene rings is 2. The van der Waals surface area contributed by atoms with Crippen molar-refractivity contribution >= 4 is 34.8 Å². The maximum atomic E-state index is 12.5. The molecule has 25 heavy (non-hydrogen) atoms. The predicted octanol–water partition coefficient (Wildman–Crippen LogP) is 5.33. The fraction of sp³-hybridized carbons (Fsp3) is 0.111. The minimum absolute atomic E-state index is 0.0363. The van der Waals surface area contributed by atoms with E-state index in [2.05, 4.69) is 5.10 Å². The normalized spacial score (nSPS) is 12.0. The number of hydrogen-bond acceptors (Lipinski definition) is 3. The van der Waals surface area contributed by atoms with Crippen molar-refractivity contribution < 1.29 is 4.74 Å². The van der Waals surface area contributed by atoms with Gasteiger partial charge in [0.05, 0.1) is 11.9 Å². The average Bonchev–Trinajstić information content (AvgIpc) is 2.61. The highest BCUT2D eigenvalue weighted by Gasteiger charge is 2.15. The lowest BCUT2D eigenvalue weighted by atomic mass is 10.1. The lowest BCUT2D eigenvalue weighted by Crippen LogP contribution is -2.22. The van der Waals surface area contributed by atoms with Gasteiger partial charge < -0.3 is 4.74 Å². The molecule has 1 unspecified atom stereocenters. The van der Waals surface area contributed by atoms with E-state index in [9.17, 15) is 4.79 Å². The summed E-state index contributed by atoms with van der Waals surface area (Å²) in [4.78, 5) is 12.5. The van der Waals surface area contributed by atoms with Crippen molar-refractivity contribution in [3.05, 3.63) is 85.7 Å². The standard InChI is InChI=1S/C18H13Cl3N2O2/c1-11(12-2-4-13(19)5-3-12)25-16-10-22-23(18(24)17(16)21)15-8-6-14(20)7-9-15/h2-11H,1H3. The summed E-state index contributed by atoms with van der Waals surface area (Å²) in [5.74, 6) is 0.222. The summed E-state index contributed by atoms with van der Waals surface area (Å²) in [5, 5.41) is 5.30. The van der Waals surface area contributed by atoms with Crippen LogP contribution in [0.15, 0.2) is 59.5 Å². The van der Waals surface area contributed by atoms with E-state index in [1.54, 1.807) is 36.4 Å². The van der Waals surface area contributed by atoms with Crippen LogP contribution in [0.2, 0.25) is 15.1 Å². The first-order chi connectivity index (χ1) is 12.0. The van der Waals surface area contributed by atoms with Crippen molar-refractivity contribution in [3.8, 4) is 11.4 Å². The highest BCUT2D eigenvalue weighted by molar-refractivity contribution is 6.32. The van der Waals surface area contributed by atoms with Crippen LogP contribution in [-0.4, -0.2) is 9.78 Å². The topological polar surface area (TPSA) is 44.1 Å². The van der Waals surface area contributed by atoms with Gasteiger partial charge in [0.15, 0.2) is 10.8 Å². The first kappa shape index (κ1) is 17.8. The molecule has 7 heteroatoms. The maximum absolute atomic E-state index is 12.5. The lowest BCUT2D eigenvalue weighted by molar-refractivity contribution is 0.225. The Morgan fingerprint density at radius 3 is 2.12 bits per heavy atom. The van der Waals surface area contributed by atoms with Crippen molar-refractivity contribution in [1.82, 2.24) is 9.78 Å². The van der Waals surface area contributed by atoms with E-state index in [1.165, 1.54) is 10.9 Å². The third-order valence-electron chi connectivity index (χ3n) is 3.60. The first-order valence-corrected chi connectivity index (χ1v) is 8.55. The molecule has 0 fully saturated rings. The van der Waals surface area contributed by atoms with Gasteiger partial charge in [-0.25, -0.2) is 0 Å². The van der Waals surface area contributed by atoms with Crippen molar-refractivity contribution in [3.63, 3.8) is 0 Å². The van der Waals surface area contributed by atoms with Crippen molar-refractivity contribution in [2.75, 3.05) is 0 Å². The highest BCUT2D eigenvalue weighted by atomic mass is 35.5. The van der Waals surface area contributed by atoms with Crippen LogP contribution in [0.25, 0.3) is 5.69 Å². The van der Waals surface area contributed by atoms with Crippen LogP contribution in [0.4, 0.5) is 0 Å². The van der Waals surface area contributed by atoms with Crippen molar-refractivity contribution in [2.24, 2.45) is 0 Å². The molecule has 3 rings (SSSR count). The second kappa shape index (κ2) is 7.48. The Morgan fingerprint density at radius 1 is 0.960 bits per heavy atom. The molecule has 128 valence electrons. The fourth-order valence-electron chi connectivity index (χ4n) is 2.26. The number of rotatable bonds is 4. The van der Waals surface area contributed by atoms with E-state index in [4.69, 9.17) is 39.5 Å². The Balaban J connectivity index is 1.88. The Bertz CT molecular complexity index is 938. The average molecular weight is 396 g/mol. The quantitative estimate of drug-likeness (QED) is 0.599. The van der Waals surface area contributed by atoms with E-state index in [1.807, 2.05) is 19.1 Å². The molecule has 0 N–H and O–H groups in total. The van der Waals surface area contributed by atoms with Gasteiger partial charge in [-0.3, -0.25) is 4.79 Å². The number of ether oxygens (including phenoxy) is 1. The van der Waals surface area contributed by atoms with E-state index in [0.717, 1.165) is 5.56 Å². The van der Waals surface area contributed by atoms with Gasteiger partial charge in [0.25, 0.3) is 5.56 Å². The molecule has 0 saturated heterocycles. The number of nitrogens with zero attached hydrogens (tertiary/aromatic N) is 2. The molecule has 0 amide bonds. The smallest absolute Gasteiger partial charge is 0.294 e. The molecular formula is C18H13Cl3N2O2. The number of halogens is 3. The van der Waals surface area contributed by atoms with Gasteiger partial charge >= 0.3 is 0 Å². The molecule has 0 spiro atoms. The van der Waals surface area contributed by atoms with E-state index < -0.39 is 5.56 Å². The molecule has 2 aromatic carbocycles. The third kappa shape index (κ3) is 3.98. The molecule has 0 saturated carbocycles. The van der Waals surface area contributed by atoms with Gasteiger partial charge in [-0.15, -0.1) is 0 Å². The zero-order valence-corrected chi connectivity index (χ0v) is 15.4. The molecule has 3 aromatic rings. The molecular weight excluding hydrogens is 383 g/mol. The number of hydrogen-bond donors (Lipinski definition) is 0. The van der Waals surface area contributed by atoms with Crippen LogP contribution in [0.3, 0.4) is 0 Å². The molecule has 1 aromatic heterocycles. The van der Waals surface area contributed by atoms with Gasteiger partial charge in [-0.1, -0.05) is 46.9 Å². The molecule has 0 aliphatic carbocycles. The highest BCUT2D eigenvalue weighted by Crippen LogP contribution is 2.26. The van der Waals surface area contributed by atoms with Crippen molar-refractivity contribution in [1.29, 1.82) is 0 Å². The van der Waals surface area contributed by atoms with E-state index >= 15 is 0 Å². The molecule has 0 bridgehead atoms. The second-order valence-electron chi connectivity index (χ2n) is 5.33. The Kier molecular flexibility index (Phi) is 5.33. The van der Waals surface area contributed by atoms with Crippen molar-refractivity contribution in [2.45, 2.75) is 13.0 Å². The summed E-state index contributed by atoms with van der Waals surface area (Å²) in [6, 6.07) is 14.0. The summed E-state index contributed by atoms with van der Waals surface area (Å²) >= 11 is 17.9. The largest absolute Gasteiger partial charge is 0.483 e. The summed E-state index contributed by atoms with van der Waals surface area (Å²) in [5.41, 5.74) is 1.00. The molecule has 0 aliphatic rings. The molecule has 4 nitrogen and oxygen atoms in total. The summed E-state index contributed by atoms with van der Waals surface area (Å²) in [7, 11) is 0. The summed E-state index contributed by atoms with van der Waals surface area (Å²) in [6.45, 7) is 1.85. The van der Waals surface area contributed by atoms with Gasteiger partial charge in [-0.2, -0.15) is 9.78 Å². The van der Waals surface area contributed by atoms with Gasteiger partial charge in [0.2, 0.25) is 0 Å². The predicted molar refractivity (Wildman–Crippen MR) is 100 cm³/mol. The molecule has 1 atom stereocenters. The lowest BCUT2D eigenvalue weighted by Gasteiger charge is -2.16.